The predicted octanol–water partition coefficient (Wildman–Crippen LogP) is 4.23. The van der Waals surface area contributed by atoms with Crippen molar-refractivity contribution in [2.75, 3.05) is 6.61 Å². The highest BCUT2D eigenvalue weighted by atomic mass is 32.1. The molecule has 1 aromatic rings. The number of dihydropyridines is 1. The maximum atomic E-state index is 8.36. The lowest BCUT2D eigenvalue weighted by molar-refractivity contribution is -0.122. The molecular weight excluding hydrogens is 342 g/mol. The van der Waals surface area contributed by atoms with E-state index >= 15 is 0 Å². The molecule has 1 aliphatic carbocycles. The zero-order valence-electron chi connectivity index (χ0n) is 14.4. The summed E-state index contributed by atoms with van der Waals surface area (Å²) in [5.41, 5.74) is 3.52. The van der Waals surface area contributed by atoms with Crippen molar-refractivity contribution in [3.63, 3.8) is 0 Å². The summed E-state index contributed by atoms with van der Waals surface area (Å²) >= 11 is 5.90. The molecule has 1 aromatic heterocycles. The molecule has 2 aliphatic rings. The molecule has 0 bridgehead atoms. The van der Waals surface area contributed by atoms with Crippen LogP contribution in [0.1, 0.15) is 47.1 Å². The van der Waals surface area contributed by atoms with Crippen molar-refractivity contribution in [3.05, 3.63) is 33.0 Å². The summed E-state index contributed by atoms with van der Waals surface area (Å²) in [5.74, 6) is 0.334. The fraction of sp³-hybridized carbons (Fsp3) is 0.556. The number of thiophene rings is 1. The van der Waals surface area contributed by atoms with E-state index in [1.165, 1.54) is 29.7 Å². The van der Waals surface area contributed by atoms with Crippen LogP contribution in [0.4, 0.5) is 0 Å². The van der Waals surface area contributed by atoms with Crippen molar-refractivity contribution in [2.24, 2.45) is 10.4 Å². The lowest BCUT2D eigenvalue weighted by Crippen LogP contribution is -2.22. The highest BCUT2D eigenvalue weighted by Gasteiger charge is 2.32. The second-order valence-electron chi connectivity index (χ2n) is 7.01. The smallest absolute Gasteiger partial charge is 0.290 e. The number of allylic oxidation sites excluding steroid dienone is 1. The molecule has 2 unspecified atom stereocenters. The molecule has 0 saturated carbocycles. The summed E-state index contributed by atoms with van der Waals surface area (Å²) in [6, 6.07) is 0.152. The van der Waals surface area contributed by atoms with Crippen LogP contribution >= 0.6 is 24.2 Å². The second-order valence-corrected chi connectivity index (χ2v) is 8.41. The van der Waals surface area contributed by atoms with Gasteiger partial charge in [0.05, 0.1) is 12.6 Å². The maximum absolute atomic E-state index is 8.36. The molecule has 2 heterocycles. The summed E-state index contributed by atoms with van der Waals surface area (Å²) in [5, 5.41) is 6.89. The highest BCUT2D eigenvalue weighted by molar-refractivity contribution is 7.75. The van der Waals surface area contributed by atoms with E-state index in [0.717, 1.165) is 0 Å². The molecule has 0 fully saturated rings. The Bertz CT molecular complexity index is 634. The average Bonchev–Trinajstić information content (AvgIpc) is 2.85. The zero-order chi connectivity index (χ0) is 17.7. The van der Waals surface area contributed by atoms with E-state index in [2.05, 4.69) is 50.8 Å². The van der Waals surface area contributed by atoms with Crippen molar-refractivity contribution < 1.29 is 14.1 Å². The van der Waals surface area contributed by atoms with Gasteiger partial charge in [-0.15, -0.1) is 11.3 Å². The van der Waals surface area contributed by atoms with Crippen molar-refractivity contribution in [1.29, 1.82) is 0 Å². The van der Waals surface area contributed by atoms with Crippen LogP contribution in [0.15, 0.2) is 17.1 Å². The predicted molar refractivity (Wildman–Crippen MR) is 103 cm³/mol. The molecule has 4 nitrogen and oxygen atoms in total. The molecule has 6 heteroatoms. The quantitative estimate of drug-likeness (QED) is 0.477. The summed E-state index contributed by atoms with van der Waals surface area (Å²) < 4.78 is 5.06. The molecule has 0 spiro atoms. The molecule has 132 valence electrons. The largest absolute Gasteiger partial charge is 0.483 e. The number of thiol groups is 1. The first-order valence-electron chi connectivity index (χ1n) is 8.08. The second kappa shape index (κ2) is 8.32. The molecular formula is C18H25NO3S2. The van der Waals surface area contributed by atoms with Gasteiger partial charge in [-0.05, 0) is 61.7 Å². The van der Waals surface area contributed by atoms with Gasteiger partial charge in [0, 0.05) is 21.9 Å². The molecule has 24 heavy (non-hydrogen) atoms. The molecule has 0 saturated heterocycles. The number of fused-ring (bicyclic) bond motifs is 1. The van der Waals surface area contributed by atoms with Crippen LogP contribution in [-0.2, 0) is 21.8 Å². The van der Waals surface area contributed by atoms with E-state index in [-0.39, 0.29) is 12.5 Å². The fourth-order valence-corrected chi connectivity index (χ4v) is 5.05. The normalized spacial score (nSPS) is 24.0. The summed E-state index contributed by atoms with van der Waals surface area (Å²) in [7, 11) is 0. The van der Waals surface area contributed by atoms with Crippen LogP contribution in [0.2, 0.25) is 0 Å². The van der Waals surface area contributed by atoms with E-state index in [1.807, 2.05) is 17.6 Å². The van der Waals surface area contributed by atoms with Crippen molar-refractivity contribution >= 4 is 36.9 Å². The minimum absolute atomic E-state index is 0.152. The molecule has 0 aromatic carbocycles. The van der Waals surface area contributed by atoms with Crippen LogP contribution in [0.5, 0.6) is 0 Å². The summed E-state index contributed by atoms with van der Waals surface area (Å²) in [6.45, 7) is 7.36. The minimum atomic E-state index is -0.250. The van der Waals surface area contributed by atoms with E-state index in [1.54, 1.807) is 10.4 Å². The van der Waals surface area contributed by atoms with Gasteiger partial charge in [-0.2, -0.15) is 0 Å². The minimum Gasteiger partial charge on any atom is -0.483 e. The van der Waals surface area contributed by atoms with Gasteiger partial charge >= 0.3 is 0 Å². The van der Waals surface area contributed by atoms with E-state index < -0.39 is 0 Å². The average molecular weight is 368 g/mol. The van der Waals surface area contributed by atoms with E-state index in [0.29, 0.717) is 17.9 Å². The Morgan fingerprint density at radius 1 is 1.54 bits per heavy atom. The third kappa shape index (κ3) is 4.29. The highest BCUT2D eigenvalue weighted by Crippen LogP contribution is 2.44. The number of rotatable bonds is 3. The van der Waals surface area contributed by atoms with Gasteiger partial charge in [-0.25, -0.2) is 0 Å². The van der Waals surface area contributed by atoms with Crippen LogP contribution < -0.4 is 0 Å². The SMILES string of the molecule is Cc1c(C2C=CC=NC2COS)sc2c1CC(C)(C)CC2.O=CO. The third-order valence-corrected chi connectivity index (χ3v) is 6.37. The molecule has 1 aliphatic heterocycles. The van der Waals surface area contributed by atoms with Gasteiger partial charge in [0.1, 0.15) is 0 Å². The Labute approximate surface area is 153 Å². The number of hydrogen-bond donors (Lipinski definition) is 2. The Hall–Kier alpha value is -1.11. The van der Waals surface area contributed by atoms with Gasteiger partial charge in [-0.3, -0.25) is 9.79 Å². The number of carbonyl (C=O) groups is 1. The van der Waals surface area contributed by atoms with Gasteiger partial charge in [0.15, 0.2) is 0 Å². The fourth-order valence-electron chi connectivity index (χ4n) is 3.43. The lowest BCUT2D eigenvalue weighted by atomic mass is 9.75. The Morgan fingerprint density at radius 2 is 2.25 bits per heavy atom. The van der Waals surface area contributed by atoms with Gasteiger partial charge < -0.3 is 9.29 Å². The number of nitrogens with zero attached hydrogens (tertiary/aromatic N) is 1. The summed E-state index contributed by atoms with van der Waals surface area (Å²) in [4.78, 5) is 16.0. The summed E-state index contributed by atoms with van der Waals surface area (Å²) in [6.07, 6.45) is 9.92. The van der Waals surface area contributed by atoms with E-state index in [4.69, 9.17) is 14.1 Å². The Morgan fingerprint density at radius 3 is 2.92 bits per heavy atom. The van der Waals surface area contributed by atoms with Gasteiger partial charge in [0.2, 0.25) is 0 Å². The van der Waals surface area contributed by atoms with Crippen LogP contribution in [0.3, 0.4) is 0 Å². The first kappa shape index (κ1) is 19.2. The van der Waals surface area contributed by atoms with E-state index in [9.17, 15) is 0 Å². The zero-order valence-corrected chi connectivity index (χ0v) is 16.1. The maximum Gasteiger partial charge on any atom is 0.290 e. The van der Waals surface area contributed by atoms with Crippen LogP contribution in [0, 0.1) is 12.3 Å². The number of hydrogen-bond acceptors (Lipinski definition) is 5. The number of aryl methyl sites for hydroxylation is 1. The van der Waals surface area contributed by atoms with Crippen molar-refractivity contribution in [1.82, 2.24) is 0 Å². The Kier molecular flexibility index (Phi) is 6.66. The first-order chi connectivity index (χ1) is 11.4. The number of aliphatic imine (C=N–C) groups is 1. The van der Waals surface area contributed by atoms with Gasteiger partial charge in [0.25, 0.3) is 6.47 Å². The van der Waals surface area contributed by atoms with Crippen molar-refractivity contribution in [2.45, 2.75) is 52.0 Å². The van der Waals surface area contributed by atoms with Crippen LogP contribution in [0.25, 0.3) is 0 Å². The molecule has 2 atom stereocenters. The molecule has 0 radical (unpaired) electrons. The molecule has 1 N–H and O–H groups in total. The number of carboxylic acid groups (broad SMARTS) is 1. The Balaban J connectivity index is 0.000000647. The van der Waals surface area contributed by atoms with Crippen molar-refractivity contribution in [3.8, 4) is 0 Å². The lowest BCUT2D eigenvalue weighted by Gasteiger charge is -2.29. The van der Waals surface area contributed by atoms with Crippen LogP contribution in [-0.4, -0.2) is 30.4 Å². The monoisotopic (exact) mass is 367 g/mol. The topological polar surface area (TPSA) is 58.9 Å². The van der Waals surface area contributed by atoms with Gasteiger partial charge in [-0.1, -0.05) is 19.9 Å². The molecule has 3 rings (SSSR count). The third-order valence-electron chi connectivity index (χ3n) is 4.72. The molecule has 0 amide bonds. The standard InChI is InChI=1S/C17H23NOS2.CH2O2/c1-11-13-9-17(2,3)7-6-15(13)21-16(11)12-5-4-8-18-14(12)10-19-20;2-1-3/h4-5,8,12,14,20H,6-7,9-10H2,1-3H3;1H,(H,2,3). The first-order valence-corrected chi connectivity index (χ1v) is 9.27.